The number of fused-ring (bicyclic) bond motifs is 1. The zero-order valence-electron chi connectivity index (χ0n) is 11.1. The van der Waals surface area contributed by atoms with E-state index in [1.807, 2.05) is 0 Å². The molecule has 5 heteroatoms. The summed E-state index contributed by atoms with van der Waals surface area (Å²) in [4.78, 5) is 24.6. The van der Waals surface area contributed by atoms with E-state index in [4.69, 9.17) is 0 Å². The van der Waals surface area contributed by atoms with Crippen LogP contribution in [0.4, 0.5) is 5.00 Å². The molecule has 19 heavy (non-hydrogen) atoms. The average Bonchev–Trinajstić information content (AvgIpc) is 2.67. The topological polar surface area (TPSA) is 66.4 Å². The van der Waals surface area contributed by atoms with Gasteiger partial charge in [-0.15, -0.1) is 11.3 Å². The van der Waals surface area contributed by atoms with Gasteiger partial charge in [0.2, 0.25) is 5.91 Å². The summed E-state index contributed by atoms with van der Waals surface area (Å²) < 4.78 is 0. The highest BCUT2D eigenvalue weighted by molar-refractivity contribution is 7.17. The predicted molar refractivity (Wildman–Crippen MR) is 73.8 cm³/mol. The fourth-order valence-electron chi connectivity index (χ4n) is 2.83. The fourth-order valence-corrected chi connectivity index (χ4v) is 4.12. The molecular formula is C14H17NO3S. The van der Waals surface area contributed by atoms with Gasteiger partial charge in [0.05, 0.1) is 5.56 Å². The Morgan fingerprint density at radius 3 is 2.63 bits per heavy atom. The second-order valence-corrected chi connectivity index (χ2v) is 7.21. The minimum atomic E-state index is -0.926. The second-order valence-electron chi connectivity index (χ2n) is 6.10. The Bertz CT molecular complexity index is 573. The maximum absolute atomic E-state index is 12.1. The lowest BCUT2D eigenvalue weighted by Gasteiger charge is -2.06. The number of thiophene rings is 1. The van der Waals surface area contributed by atoms with Crippen LogP contribution in [0.3, 0.4) is 0 Å². The summed E-state index contributed by atoms with van der Waals surface area (Å²) in [7, 11) is 0. The maximum Gasteiger partial charge on any atom is 0.339 e. The van der Waals surface area contributed by atoms with E-state index in [1.54, 1.807) is 0 Å². The van der Waals surface area contributed by atoms with E-state index < -0.39 is 5.97 Å². The van der Waals surface area contributed by atoms with Crippen molar-refractivity contribution in [2.45, 2.75) is 39.5 Å². The van der Waals surface area contributed by atoms with Crippen molar-refractivity contribution in [3.63, 3.8) is 0 Å². The van der Waals surface area contributed by atoms with Crippen molar-refractivity contribution in [1.82, 2.24) is 0 Å². The summed E-state index contributed by atoms with van der Waals surface area (Å²) >= 11 is 1.44. The van der Waals surface area contributed by atoms with Gasteiger partial charge >= 0.3 is 5.97 Å². The van der Waals surface area contributed by atoms with Crippen molar-refractivity contribution in [2.24, 2.45) is 11.3 Å². The first-order chi connectivity index (χ1) is 8.90. The molecule has 0 radical (unpaired) electrons. The molecule has 1 heterocycles. The number of hydrogen-bond acceptors (Lipinski definition) is 3. The summed E-state index contributed by atoms with van der Waals surface area (Å²) in [5.41, 5.74) is 1.32. The SMILES string of the molecule is CC1(C)CC1C(=O)Nc1sc2c(c1C(=O)O)CCC2. The minimum Gasteiger partial charge on any atom is -0.478 e. The van der Waals surface area contributed by atoms with Gasteiger partial charge in [0.1, 0.15) is 5.00 Å². The molecule has 0 aliphatic heterocycles. The third-order valence-corrected chi connectivity index (χ3v) is 5.41. The predicted octanol–water partition coefficient (Wildman–Crippen LogP) is 2.92. The second kappa shape index (κ2) is 4.07. The van der Waals surface area contributed by atoms with Crippen LogP contribution < -0.4 is 5.32 Å². The van der Waals surface area contributed by atoms with Crippen molar-refractivity contribution >= 4 is 28.2 Å². The summed E-state index contributed by atoms with van der Waals surface area (Å²) in [6.07, 6.45) is 3.65. The maximum atomic E-state index is 12.1. The Balaban J connectivity index is 1.86. The van der Waals surface area contributed by atoms with E-state index in [1.165, 1.54) is 11.3 Å². The Labute approximate surface area is 115 Å². The van der Waals surface area contributed by atoms with E-state index in [0.29, 0.717) is 10.6 Å². The van der Waals surface area contributed by atoms with Crippen LogP contribution in [-0.2, 0) is 17.6 Å². The van der Waals surface area contributed by atoms with Gasteiger partial charge in [0.15, 0.2) is 0 Å². The molecular weight excluding hydrogens is 262 g/mol. The number of carbonyl (C=O) groups is 2. The molecule has 1 amide bonds. The van der Waals surface area contributed by atoms with Crippen molar-refractivity contribution in [3.8, 4) is 0 Å². The monoisotopic (exact) mass is 279 g/mol. The molecule has 1 fully saturated rings. The first kappa shape index (κ1) is 12.7. The number of aryl methyl sites for hydroxylation is 1. The minimum absolute atomic E-state index is 0.0195. The van der Waals surface area contributed by atoms with Crippen LogP contribution in [0.2, 0.25) is 0 Å². The molecule has 102 valence electrons. The number of nitrogens with one attached hydrogen (secondary N) is 1. The van der Waals surface area contributed by atoms with E-state index >= 15 is 0 Å². The van der Waals surface area contributed by atoms with Crippen molar-refractivity contribution in [2.75, 3.05) is 5.32 Å². The van der Waals surface area contributed by atoms with E-state index in [9.17, 15) is 14.7 Å². The van der Waals surface area contributed by atoms with Gasteiger partial charge in [-0.05, 0) is 36.7 Å². The highest BCUT2D eigenvalue weighted by Crippen LogP contribution is 2.52. The molecule has 0 spiro atoms. The summed E-state index contributed by atoms with van der Waals surface area (Å²) in [6.45, 7) is 4.12. The number of hydrogen-bond donors (Lipinski definition) is 2. The molecule has 0 bridgehead atoms. The van der Waals surface area contributed by atoms with Gasteiger partial charge in [-0.1, -0.05) is 13.8 Å². The number of carbonyl (C=O) groups excluding carboxylic acids is 1. The van der Waals surface area contributed by atoms with Gasteiger partial charge in [0, 0.05) is 10.8 Å². The number of rotatable bonds is 3. The summed E-state index contributed by atoms with van der Waals surface area (Å²) in [6, 6.07) is 0. The molecule has 0 aromatic carbocycles. The molecule has 1 aromatic rings. The Hall–Kier alpha value is -1.36. The van der Waals surface area contributed by atoms with E-state index in [-0.39, 0.29) is 17.2 Å². The summed E-state index contributed by atoms with van der Waals surface area (Å²) in [5.74, 6) is -0.941. The summed E-state index contributed by atoms with van der Waals surface area (Å²) in [5, 5.41) is 12.7. The first-order valence-corrected chi connectivity index (χ1v) is 7.40. The highest BCUT2D eigenvalue weighted by atomic mass is 32.1. The standard InChI is InChI=1S/C14H17NO3S/c1-14(2)6-8(14)11(16)15-12-10(13(17)18)7-4-3-5-9(7)19-12/h8H,3-6H2,1-2H3,(H,15,16)(H,17,18). The molecule has 3 rings (SSSR count). The number of amides is 1. The van der Waals surface area contributed by atoms with Crippen molar-refractivity contribution in [3.05, 3.63) is 16.0 Å². The third kappa shape index (κ3) is 2.06. The molecule has 1 saturated carbocycles. The zero-order valence-corrected chi connectivity index (χ0v) is 11.9. The van der Waals surface area contributed by atoms with Crippen LogP contribution in [0, 0.1) is 11.3 Å². The van der Waals surface area contributed by atoms with Crippen LogP contribution in [0.15, 0.2) is 0 Å². The quantitative estimate of drug-likeness (QED) is 0.894. The van der Waals surface area contributed by atoms with Crippen LogP contribution in [0.25, 0.3) is 0 Å². The first-order valence-electron chi connectivity index (χ1n) is 6.59. The average molecular weight is 279 g/mol. The van der Waals surface area contributed by atoms with Gasteiger partial charge < -0.3 is 10.4 Å². The number of anilines is 1. The molecule has 0 saturated heterocycles. The fraction of sp³-hybridized carbons (Fsp3) is 0.571. The normalized spacial score (nSPS) is 22.9. The van der Waals surface area contributed by atoms with Crippen LogP contribution in [0.1, 0.15) is 47.5 Å². The molecule has 4 nitrogen and oxygen atoms in total. The van der Waals surface area contributed by atoms with E-state index in [0.717, 1.165) is 36.1 Å². The molecule has 2 aliphatic rings. The largest absolute Gasteiger partial charge is 0.478 e. The van der Waals surface area contributed by atoms with Crippen LogP contribution in [-0.4, -0.2) is 17.0 Å². The molecule has 1 atom stereocenters. The van der Waals surface area contributed by atoms with Gasteiger partial charge in [0.25, 0.3) is 0 Å². The van der Waals surface area contributed by atoms with Crippen molar-refractivity contribution < 1.29 is 14.7 Å². The molecule has 2 N–H and O–H groups in total. The lowest BCUT2D eigenvalue weighted by Crippen LogP contribution is -2.17. The Kier molecular flexibility index (Phi) is 2.71. The molecule has 1 unspecified atom stereocenters. The lowest BCUT2D eigenvalue weighted by molar-refractivity contribution is -0.117. The van der Waals surface area contributed by atoms with Gasteiger partial charge in [-0.2, -0.15) is 0 Å². The smallest absolute Gasteiger partial charge is 0.339 e. The molecule has 1 aromatic heterocycles. The number of aromatic carboxylic acids is 1. The highest BCUT2D eigenvalue weighted by Gasteiger charge is 2.50. The third-order valence-electron chi connectivity index (χ3n) is 4.20. The Morgan fingerprint density at radius 2 is 2.05 bits per heavy atom. The zero-order chi connectivity index (χ0) is 13.8. The molecule has 2 aliphatic carbocycles. The van der Waals surface area contributed by atoms with E-state index in [2.05, 4.69) is 19.2 Å². The number of carboxylic acid groups (broad SMARTS) is 1. The van der Waals surface area contributed by atoms with Gasteiger partial charge in [-0.25, -0.2) is 4.79 Å². The number of carboxylic acids is 1. The van der Waals surface area contributed by atoms with Crippen LogP contribution in [0.5, 0.6) is 0 Å². The van der Waals surface area contributed by atoms with Gasteiger partial charge in [-0.3, -0.25) is 4.79 Å². The van der Waals surface area contributed by atoms with Crippen molar-refractivity contribution in [1.29, 1.82) is 0 Å². The van der Waals surface area contributed by atoms with Crippen LogP contribution >= 0.6 is 11.3 Å². The Morgan fingerprint density at radius 1 is 1.37 bits per heavy atom. The lowest BCUT2D eigenvalue weighted by atomic mass is 10.1.